The highest BCUT2D eigenvalue weighted by Crippen LogP contribution is 2.36. The summed E-state index contributed by atoms with van der Waals surface area (Å²) in [4.78, 5) is 1.52. The molecule has 118 valence electrons. The summed E-state index contributed by atoms with van der Waals surface area (Å²) in [6.45, 7) is 5.76. The van der Waals surface area contributed by atoms with E-state index in [1.807, 2.05) is 39.0 Å². The summed E-state index contributed by atoms with van der Waals surface area (Å²) in [5, 5.41) is 3.30. The zero-order chi connectivity index (χ0) is 15.6. The maximum atomic E-state index is 12.8. The van der Waals surface area contributed by atoms with Gasteiger partial charge in [0.1, 0.15) is 6.54 Å². The molecule has 0 aromatic heterocycles. The average Bonchev–Trinajstić information content (AvgIpc) is 3.17. The van der Waals surface area contributed by atoms with Crippen LogP contribution in [0.1, 0.15) is 37.8 Å². The lowest BCUT2D eigenvalue weighted by Crippen LogP contribution is -2.37. The monoisotopic (exact) mass is 300 g/mol. The Morgan fingerprint density at radius 3 is 2.48 bits per heavy atom. The summed E-state index contributed by atoms with van der Waals surface area (Å²) < 4.78 is 38.5. The van der Waals surface area contributed by atoms with E-state index in [1.54, 1.807) is 0 Å². The number of nitrogens with zero attached hydrogens (tertiary/aromatic N) is 1. The lowest BCUT2D eigenvalue weighted by Gasteiger charge is -2.28. The molecular weight excluding hydrogens is 277 g/mol. The van der Waals surface area contributed by atoms with Gasteiger partial charge >= 0.3 is 6.18 Å². The van der Waals surface area contributed by atoms with Crippen LogP contribution < -0.4 is 10.2 Å². The van der Waals surface area contributed by atoms with Gasteiger partial charge in [0.15, 0.2) is 0 Å². The van der Waals surface area contributed by atoms with Crippen molar-refractivity contribution in [3.05, 3.63) is 29.3 Å². The summed E-state index contributed by atoms with van der Waals surface area (Å²) in [6.07, 6.45) is -2.47. The van der Waals surface area contributed by atoms with Crippen molar-refractivity contribution in [1.82, 2.24) is 5.32 Å². The van der Waals surface area contributed by atoms with Gasteiger partial charge in [-0.15, -0.1) is 0 Å². The molecule has 1 fully saturated rings. The second kappa shape index (κ2) is 6.26. The molecule has 21 heavy (non-hydrogen) atoms. The molecule has 0 saturated heterocycles. The fraction of sp³-hybridized carbons (Fsp3) is 0.625. The van der Waals surface area contributed by atoms with E-state index in [4.69, 9.17) is 0 Å². The molecule has 1 saturated carbocycles. The number of alkyl halides is 3. The Morgan fingerprint density at radius 2 is 1.95 bits per heavy atom. The van der Waals surface area contributed by atoms with Crippen LogP contribution >= 0.6 is 0 Å². The van der Waals surface area contributed by atoms with Crippen molar-refractivity contribution in [2.45, 2.75) is 58.4 Å². The van der Waals surface area contributed by atoms with Gasteiger partial charge in [-0.05, 0) is 31.4 Å². The predicted molar refractivity (Wildman–Crippen MR) is 79.6 cm³/mol. The molecule has 1 aliphatic carbocycles. The molecule has 2 rings (SSSR count). The molecule has 1 aliphatic rings. The molecule has 0 bridgehead atoms. The minimum atomic E-state index is -4.17. The van der Waals surface area contributed by atoms with Crippen LogP contribution in [0.15, 0.2) is 18.2 Å². The number of hydrogen-bond acceptors (Lipinski definition) is 2. The number of aryl methyl sites for hydroxylation is 1. The first kappa shape index (κ1) is 16.1. The van der Waals surface area contributed by atoms with Gasteiger partial charge in [0.25, 0.3) is 0 Å². The first-order chi connectivity index (χ1) is 9.76. The highest BCUT2D eigenvalue weighted by molar-refractivity contribution is 5.57. The predicted octanol–water partition coefficient (Wildman–Crippen LogP) is 4.02. The first-order valence-electron chi connectivity index (χ1n) is 7.42. The van der Waals surface area contributed by atoms with Gasteiger partial charge in [-0.25, -0.2) is 0 Å². The standard InChI is InChI=1S/C16H23F3N2/c1-11(2)20-9-13-8-12(3)4-7-15(13)21(14-5-6-14)10-16(17,18)19/h4,7-8,11,14,20H,5-6,9-10H2,1-3H3. The highest BCUT2D eigenvalue weighted by Gasteiger charge is 2.38. The SMILES string of the molecule is Cc1ccc(N(CC(F)(F)F)C2CC2)c(CNC(C)C)c1. The number of halogens is 3. The van der Waals surface area contributed by atoms with E-state index in [9.17, 15) is 13.2 Å². The van der Waals surface area contributed by atoms with E-state index >= 15 is 0 Å². The van der Waals surface area contributed by atoms with Crippen molar-refractivity contribution in [3.63, 3.8) is 0 Å². The van der Waals surface area contributed by atoms with E-state index in [0.717, 1.165) is 24.0 Å². The molecule has 1 N–H and O–H groups in total. The lowest BCUT2D eigenvalue weighted by atomic mass is 10.1. The number of nitrogens with one attached hydrogen (secondary N) is 1. The molecule has 0 spiro atoms. The average molecular weight is 300 g/mol. The Kier molecular flexibility index (Phi) is 4.81. The second-order valence-electron chi connectivity index (χ2n) is 6.14. The first-order valence-corrected chi connectivity index (χ1v) is 7.42. The van der Waals surface area contributed by atoms with E-state index in [-0.39, 0.29) is 6.04 Å². The van der Waals surface area contributed by atoms with Gasteiger partial charge in [0, 0.05) is 24.3 Å². The summed E-state index contributed by atoms with van der Waals surface area (Å²) in [5.41, 5.74) is 2.73. The molecule has 2 nitrogen and oxygen atoms in total. The van der Waals surface area contributed by atoms with Gasteiger partial charge in [0.2, 0.25) is 0 Å². The number of anilines is 1. The Labute approximate surface area is 124 Å². The zero-order valence-corrected chi connectivity index (χ0v) is 12.8. The van der Waals surface area contributed by atoms with Crippen LogP contribution in [0.3, 0.4) is 0 Å². The topological polar surface area (TPSA) is 15.3 Å². The molecule has 0 amide bonds. The van der Waals surface area contributed by atoms with Crippen LogP contribution in [-0.2, 0) is 6.54 Å². The van der Waals surface area contributed by atoms with Crippen LogP contribution in [0.4, 0.5) is 18.9 Å². The van der Waals surface area contributed by atoms with E-state index < -0.39 is 12.7 Å². The smallest absolute Gasteiger partial charge is 0.359 e. The Hall–Kier alpha value is -1.23. The Bertz CT molecular complexity index is 479. The van der Waals surface area contributed by atoms with E-state index in [2.05, 4.69) is 5.32 Å². The fourth-order valence-corrected chi connectivity index (χ4v) is 2.44. The van der Waals surface area contributed by atoms with E-state index in [0.29, 0.717) is 18.3 Å². The van der Waals surface area contributed by atoms with Gasteiger partial charge in [-0.1, -0.05) is 31.5 Å². The normalized spacial score (nSPS) is 15.6. The molecule has 0 atom stereocenters. The molecule has 1 aromatic rings. The third-order valence-corrected chi connectivity index (χ3v) is 3.58. The molecule has 0 radical (unpaired) electrons. The summed E-state index contributed by atoms with van der Waals surface area (Å²) >= 11 is 0. The van der Waals surface area contributed by atoms with Gasteiger partial charge in [0.05, 0.1) is 0 Å². The van der Waals surface area contributed by atoms with Crippen molar-refractivity contribution in [2.75, 3.05) is 11.4 Å². The summed E-state index contributed by atoms with van der Waals surface area (Å²) in [6, 6.07) is 6.04. The fourth-order valence-electron chi connectivity index (χ4n) is 2.44. The van der Waals surface area contributed by atoms with Gasteiger partial charge in [-0.2, -0.15) is 13.2 Å². The van der Waals surface area contributed by atoms with Gasteiger partial charge < -0.3 is 10.2 Å². The molecule has 5 heteroatoms. The van der Waals surface area contributed by atoms with Crippen LogP contribution in [0.25, 0.3) is 0 Å². The quantitative estimate of drug-likeness (QED) is 0.853. The molecular formula is C16H23F3N2. The van der Waals surface area contributed by atoms with Crippen LogP contribution in [0.2, 0.25) is 0 Å². The third kappa shape index (κ3) is 4.92. The summed E-state index contributed by atoms with van der Waals surface area (Å²) in [7, 11) is 0. The number of rotatable bonds is 6. The van der Waals surface area contributed by atoms with Crippen molar-refractivity contribution >= 4 is 5.69 Å². The Morgan fingerprint density at radius 1 is 1.29 bits per heavy atom. The van der Waals surface area contributed by atoms with Crippen molar-refractivity contribution in [1.29, 1.82) is 0 Å². The number of benzene rings is 1. The third-order valence-electron chi connectivity index (χ3n) is 3.58. The Balaban J connectivity index is 2.26. The number of hydrogen-bond donors (Lipinski definition) is 1. The summed E-state index contributed by atoms with van der Waals surface area (Å²) in [5.74, 6) is 0. The molecule has 1 aromatic carbocycles. The maximum absolute atomic E-state index is 12.8. The largest absolute Gasteiger partial charge is 0.405 e. The van der Waals surface area contributed by atoms with Gasteiger partial charge in [-0.3, -0.25) is 0 Å². The second-order valence-corrected chi connectivity index (χ2v) is 6.14. The van der Waals surface area contributed by atoms with Crippen molar-refractivity contribution in [3.8, 4) is 0 Å². The minimum absolute atomic E-state index is 0.0344. The highest BCUT2D eigenvalue weighted by atomic mass is 19.4. The zero-order valence-electron chi connectivity index (χ0n) is 12.8. The van der Waals surface area contributed by atoms with Crippen LogP contribution in [0, 0.1) is 6.92 Å². The minimum Gasteiger partial charge on any atom is -0.359 e. The van der Waals surface area contributed by atoms with Crippen molar-refractivity contribution < 1.29 is 13.2 Å². The van der Waals surface area contributed by atoms with E-state index in [1.165, 1.54) is 4.90 Å². The lowest BCUT2D eigenvalue weighted by molar-refractivity contribution is -0.120. The van der Waals surface area contributed by atoms with Crippen LogP contribution in [0.5, 0.6) is 0 Å². The van der Waals surface area contributed by atoms with Crippen LogP contribution in [-0.4, -0.2) is 24.8 Å². The molecule has 0 unspecified atom stereocenters. The molecule has 0 aliphatic heterocycles. The maximum Gasteiger partial charge on any atom is 0.405 e. The van der Waals surface area contributed by atoms with Crippen molar-refractivity contribution in [2.24, 2.45) is 0 Å². The molecule has 0 heterocycles.